The van der Waals surface area contributed by atoms with Crippen molar-refractivity contribution in [3.05, 3.63) is 35.4 Å². The van der Waals surface area contributed by atoms with E-state index < -0.39 is 36.1 Å². The minimum atomic E-state index is -4.41. The monoisotopic (exact) mass is 403 g/mol. The van der Waals surface area contributed by atoms with Gasteiger partial charge in [-0.1, -0.05) is 12.1 Å². The standard InChI is InChI=1S/C18H24F3N3O4/c1-11(12-4-6-13(7-5-12)18(19,20)21)22-16(26)14-10-15(25)24-17(23-14)28-9-3-8-27-2/h4-7,11,14,17,23H,3,8-10H2,1-2H3,(H,22,26)(H,24,25). The second kappa shape index (κ2) is 9.85. The van der Waals surface area contributed by atoms with Crippen LogP contribution in [0.5, 0.6) is 0 Å². The number of hydrogen-bond acceptors (Lipinski definition) is 5. The van der Waals surface area contributed by atoms with Gasteiger partial charge in [-0.25, -0.2) is 0 Å². The molecule has 0 radical (unpaired) electrons. The molecule has 156 valence electrons. The van der Waals surface area contributed by atoms with Crippen LogP contribution in [0.15, 0.2) is 24.3 Å². The van der Waals surface area contributed by atoms with Crippen molar-refractivity contribution in [3.8, 4) is 0 Å². The van der Waals surface area contributed by atoms with Crippen molar-refractivity contribution in [3.63, 3.8) is 0 Å². The number of benzene rings is 1. The lowest BCUT2D eigenvalue weighted by molar-refractivity contribution is -0.139. The third kappa shape index (κ3) is 6.47. The summed E-state index contributed by atoms with van der Waals surface area (Å²) >= 11 is 0. The molecule has 1 aromatic carbocycles. The van der Waals surface area contributed by atoms with Crippen molar-refractivity contribution in [1.82, 2.24) is 16.0 Å². The summed E-state index contributed by atoms with van der Waals surface area (Å²) in [6.07, 6.45) is -4.64. The molecule has 1 heterocycles. The zero-order valence-electron chi connectivity index (χ0n) is 15.6. The molecule has 0 spiro atoms. The lowest BCUT2D eigenvalue weighted by Crippen LogP contribution is -2.61. The van der Waals surface area contributed by atoms with Crippen LogP contribution in [0.4, 0.5) is 13.2 Å². The average Bonchev–Trinajstić information content (AvgIpc) is 2.64. The first kappa shape index (κ1) is 22.1. The molecule has 0 bridgehead atoms. The Labute approximate surface area is 161 Å². The smallest absolute Gasteiger partial charge is 0.385 e. The van der Waals surface area contributed by atoms with Gasteiger partial charge in [-0.05, 0) is 31.0 Å². The van der Waals surface area contributed by atoms with E-state index in [0.717, 1.165) is 12.1 Å². The van der Waals surface area contributed by atoms with Gasteiger partial charge in [0.15, 0.2) is 6.35 Å². The molecule has 3 N–H and O–H groups in total. The van der Waals surface area contributed by atoms with Gasteiger partial charge < -0.3 is 20.1 Å². The molecule has 0 aliphatic carbocycles. The van der Waals surface area contributed by atoms with E-state index in [4.69, 9.17) is 9.47 Å². The second-order valence-electron chi connectivity index (χ2n) is 6.44. The Kier molecular flexibility index (Phi) is 7.78. The number of nitrogens with one attached hydrogen (secondary N) is 3. The third-order valence-corrected chi connectivity index (χ3v) is 4.22. The van der Waals surface area contributed by atoms with Gasteiger partial charge in [-0.3, -0.25) is 14.9 Å². The van der Waals surface area contributed by atoms with E-state index in [9.17, 15) is 22.8 Å². The number of methoxy groups -OCH3 is 1. The average molecular weight is 403 g/mol. The summed E-state index contributed by atoms with van der Waals surface area (Å²) in [4.78, 5) is 24.3. The summed E-state index contributed by atoms with van der Waals surface area (Å²) in [5.74, 6) is -0.773. The van der Waals surface area contributed by atoms with Gasteiger partial charge in [0.2, 0.25) is 11.8 Å². The van der Waals surface area contributed by atoms with Crippen molar-refractivity contribution >= 4 is 11.8 Å². The molecule has 2 amide bonds. The van der Waals surface area contributed by atoms with Crippen molar-refractivity contribution in [2.75, 3.05) is 20.3 Å². The first-order chi connectivity index (χ1) is 13.2. The van der Waals surface area contributed by atoms with E-state index in [1.807, 2.05) is 0 Å². The second-order valence-corrected chi connectivity index (χ2v) is 6.44. The number of amides is 2. The zero-order chi connectivity index (χ0) is 20.7. The highest BCUT2D eigenvalue weighted by atomic mass is 19.4. The fraction of sp³-hybridized carbons (Fsp3) is 0.556. The highest BCUT2D eigenvalue weighted by Gasteiger charge is 2.32. The van der Waals surface area contributed by atoms with Gasteiger partial charge in [-0.15, -0.1) is 0 Å². The zero-order valence-corrected chi connectivity index (χ0v) is 15.6. The summed E-state index contributed by atoms with van der Waals surface area (Å²) in [7, 11) is 1.57. The molecular weight excluding hydrogens is 379 g/mol. The summed E-state index contributed by atoms with van der Waals surface area (Å²) in [5.41, 5.74) is -0.233. The van der Waals surface area contributed by atoms with Crippen LogP contribution in [0, 0.1) is 0 Å². The van der Waals surface area contributed by atoms with Crippen LogP contribution in [-0.2, 0) is 25.2 Å². The predicted octanol–water partition coefficient (Wildman–Crippen LogP) is 1.70. The Bertz CT molecular complexity index is 667. The Balaban J connectivity index is 1.90. The van der Waals surface area contributed by atoms with Gasteiger partial charge in [0.1, 0.15) is 0 Å². The van der Waals surface area contributed by atoms with Crippen LogP contribution >= 0.6 is 0 Å². The maximum Gasteiger partial charge on any atom is 0.416 e. The molecule has 2 rings (SSSR count). The maximum atomic E-state index is 12.6. The Morgan fingerprint density at radius 2 is 1.96 bits per heavy atom. The number of halogens is 3. The molecule has 1 aliphatic heterocycles. The first-order valence-electron chi connectivity index (χ1n) is 8.84. The van der Waals surface area contributed by atoms with Gasteiger partial charge in [-0.2, -0.15) is 13.2 Å². The van der Waals surface area contributed by atoms with E-state index in [1.165, 1.54) is 12.1 Å². The molecule has 28 heavy (non-hydrogen) atoms. The van der Waals surface area contributed by atoms with Crippen LogP contribution in [0.2, 0.25) is 0 Å². The van der Waals surface area contributed by atoms with Crippen LogP contribution in [-0.4, -0.2) is 44.5 Å². The van der Waals surface area contributed by atoms with Crippen molar-refractivity contribution in [2.45, 2.75) is 44.4 Å². The van der Waals surface area contributed by atoms with Gasteiger partial charge in [0, 0.05) is 13.7 Å². The van der Waals surface area contributed by atoms with Crippen molar-refractivity contribution in [2.24, 2.45) is 0 Å². The van der Waals surface area contributed by atoms with Crippen LogP contribution in [0.3, 0.4) is 0 Å². The number of carbonyl (C=O) groups excluding carboxylic acids is 2. The fourth-order valence-electron chi connectivity index (χ4n) is 2.69. The number of alkyl halides is 3. The first-order valence-corrected chi connectivity index (χ1v) is 8.84. The highest BCUT2D eigenvalue weighted by molar-refractivity contribution is 5.89. The molecule has 0 saturated carbocycles. The summed E-state index contributed by atoms with van der Waals surface area (Å²) < 4.78 is 48.3. The Morgan fingerprint density at radius 1 is 1.29 bits per heavy atom. The number of hydrogen-bond donors (Lipinski definition) is 3. The van der Waals surface area contributed by atoms with Crippen LogP contribution < -0.4 is 16.0 Å². The minimum absolute atomic E-state index is 0.0660. The molecule has 1 aliphatic rings. The van der Waals surface area contributed by atoms with Crippen LogP contribution in [0.1, 0.15) is 36.9 Å². The highest BCUT2D eigenvalue weighted by Crippen LogP contribution is 2.29. The SMILES string of the molecule is COCCCOC1NC(=O)CC(C(=O)NC(C)c2ccc(C(F)(F)F)cc2)N1. The number of rotatable bonds is 8. The van der Waals surface area contributed by atoms with Crippen molar-refractivity contribution < 1.29 is 32.2 Å². The molecule has 3 unspecified atom stereocenters. The fourth-order valence-corrected chi connectivity index (χ4v) is 2.69. The molecular formula is C18H24F3N3O4. The summed E-state index contributed by atoms with van der Waals surface area (Å²) in [6.45, 7) is 2.50. The van der Waals surface area contributed by atoms with Gasteiger partial charge in [0.25, 0.3) is 0 Å². The lowest BCUT2D eigenvalue weighted by Gasteiger charge is -2.31. The van der Waals surface area contributed by atoms with Gasteiger partial charge in [0.05, 0.1) is 30.7 Å². The molecule has 1 aromatic rings. The Morgan fingerprint density at radius 3 is 2.57 bits per heavy atom. The summed E-state index contributed by atoms with van der Waals surface area (Å²) in [6, 6.07) is 3.23. The molecule has 0 aromatic heterocycles. The summed E-state index contributed by atoms with van der Waals surface area (Å²) in [5, 5.41) is 8.18. The molecule has 10 heteroatoms. The van der Waals surface area contributed by atoms with E-state index in [0.29, 0.717) is 25.2 Å². The number of carbonyl (C=O) groups is 2. The molecule has 3 atom stereocenters. The molecule has 1 fully saturated rings. The Hall–Kier alpha value is -2.17. The largest absolute Gasteiger partial charge is 0.416 e. The number of ether oxygens (including phenoxy) is 2. The third-order valence-electron chi connectivity index (χ3n) is 4.22. The predicted molar refractivity (Wildman–Crippen MR) is 93.9 cm³/mol. The van der Waals surface area contributed by atoms with Crippen molar-refractivity contribution in [1.29, 1.82) is 0 Å². The normalized spacial score (nSPS) is 21.1. The van der Waals surface area contributed by atoms with E-state index in [-0.39, 0.29) is 12.3 Å². The quantitative estimate of drug-likeness (QED) is 0.575. The lowest BCUT2D eigenvalue weighted by atomic mass is 10.0. The maximum absolute atomic E-state index is 12.6. The van der Waals surface area contributed by atoms with E-state index >= 15 is 0 Å². The van der Waals surface area contributed by atoms with Crippen LogP contribution in [0.25, 0.3) is 0 Å². The minimum Gasteiger partial charge on any atom is -0.385 e. The molecule has 1 saturated heterocycles. The van der Waals surface area contributed by atoms with E-state index in [1.54, 1.807) is 14.0 Å². The van der Waals surface area contributed by atoms with Gasteiger partial charge >= 0.3 is 6.18 Å². The topological polar surface area (TPSA) is 88.7 Å². The van der Waals surface area contributed by atoms with E-state index in [2.05, 4.69) is 16.0 Å². The molecule has 7 nitrogen and oxygen atoms in total.